The van der Waals surface area contributed by atoms with Crippen LogP contribution in [0.3, 0.4) is 0 Å². The fraction of sp³-hybridized carbons (Fsp3) is 0.133. The molecular formula is C15H12F2O3. The summed E-state index contributed by atoms with van der Waals surface area (Å²) >= 11 is 0. The maximum Gasteiger partial charge on any atom is 0.314 e. The van der Waals surface area contributed by atoms with Crippen molar-refractivity contribution in [2.45, 2.75) is 5.92 Å². The van der Waals surface area contributed by atoms with Crippen LogP contribution in [0.5, 0.6) is 5.75 Å². The maximum absolute atomic E-state index is 12.8. The van der Waals surface area contributed by atoms with Gasteiger partial charge in [0.15, 0.2) is 0 Å². The molecule has 104 valence electrons. The van der Waals surface area contributed by atoms with Crippen LogP contribution in [0.15, 0.2) is 48.5 Å². The Kier molecular flexibility index (Phi) is 4.30. The molecule has 0 fully saturated rings. The molecule has 5 heteroatoms. The van der Waals surface area contributed by atoms with E-state index >= 15 is 0 Å². The van der Waals surface area contributed by atoms with Gasteiger partial charge in [0, 0.05) is 0 Å². The summed E-state index contributed by atoms with van der Waals surface area (Å²) in [5.74, 6) is -2.44. The van der Waals surface area contributed by atoms with Crippen molar-refractivity contribution >= 4 is 5.97 Å². The molecule has 1 atom stereocenters. The van der Waals surface area contributed by atoms with Crippen LogP contribution in [0.4, 0.5) is 8.78 Å². The molecule has 2 rings (SSSR count). The number of carbonyl (C=O) groups is 1. The molecular weight excluding hydrogens is 266 g/mol. The first-order valence-corrected chi connectivity index (χ1v) is 5.93. The fourth-order valence-electron chi connectivity index (χ4n) is 1.72. The smallest absolute Gasteiger partial charge is 0.314 e. The third kappa shape index (κ3) is 3.54. The SMILES string of the molecule is O=C(O)C(COc1ccc(F)cc1)c1ccc(F)cc1. The van der Waals surface area contributed by atoms with Gasteiger partial charge in [-0.25, -0.2) is 8.78 Å². The van der Waals surface area contributed by atoms with Gasteiger partial charge in [0.2, 0.25) is 0 Å². The molecule has 0 aliphatic rings. The zero-order valence-corrected chi connectivity index (χ0v) is 10.4. The number of hydrogen-bond donors (Lipinski definition) is 1. The monoisotopic (exact) mass is 278 g/mol. The third-order valence-corrected chi connectivity index (χ3v) is 2.80. The molecule has 0 saturated carbocycles. The molecule has 0 aliphatic carbocycles. The first-order chi connectivity index (χ1) is 9.56. The first kappa shape index (κ1) is 14.0. The molecule has 0 amide bonds. The minimum absolute atomic E-state index is 0.118. The number of aliphatic carboxylic acids is 1. The minimum atomic E-state index is -1.07. The lowest BCUT2D eigenvalue weighted by atomic mass is 10.0. The molecule has 0 aromatic heterocycles. The van der Waals surface area contributed by atoms with E-state index in [0.717, 1.165) is 0 Å². The molecule has 0 radical (unpaired) electrons. The Morgan fingerprint density at radius 2 is 1.50 bits per heavy atom. The van der Waals surface area contributed by atoms with E-state index in [1.165, 1.54) is 48.5 Å². The van der Waals surface area contributed by atoms with E-state index in [1.807, 2.05) is 0 Å². The van der Waals surface area contributed by atoms with Gasteiger partial charge in [0.05, 0.1) is 0 Å². The normalized spacial score (nSPS) is 11.9. The van der Waals surface area contributed by atoms with Gasteiger partial charge in [-0.15, -0.1) is 0 Å². The number of hydrogen-bond acceptors (Lipinski definition) is 2. The molecule has 0 spiro atoms. The number of ether oxygens (including phenoxy) is 1. The van der Waals surface area contributed by atoms with Crippen LogP contribution in [-0.4, -0.2) is 17.7 Å². The van der Waals surface area contributed by atoms with Crippen molar-refractivity contribution in [2.75, 3.05) is 6.61 Å². The van der Waals surface area contributed by atoms with Gasteiger partial charge in [0.1, 0.15) is 29.9 Å². The predicted octanol–water partition coefficient (Wildman–Crippen LogP) is 3.21. The molecule has 2 aromatic carbocycles. The summed E-state index contributed by atoms with van der Waals surface area (Å²) in [5, 5.41) is 9.18. The molecule has 0 heterocycles. The largest absolute Gasteiger partial charge is 0.492 e. The molecule has 0 aliphatic heterocycles. The van der Waals surface area contributed by atoms with Crippen LogP contribution in [0, 0.1) is 11.6 Å². The second-order valence-corrected chi connectivity index (χ2v) is 4.21. The standard InChI is InChI=1S/C15H12F2O3/c16-11-3-1-10(2-4-11)14(15(18)19)9-20-13-7-5-12(17)6-8-13/h1-8,14H,9H2,(H,18,19). The van der Waals surface area contributed by atoms with E-state index in [0.29, 0.717) is 11.3 Å². The van der Waals surface area contributed by atoms with Crippen molar-refractivity contribution in [3.8, 4) is 5.75 Å². The zero-order chi connectivity index (χ0) is 14.5. The summed E-state index contributed by atoms with van der Waals surface area (Å²) in [6.45, 7) is -0.118. The van der Waals surface area contributed by atoms with E-state index in [1.54, 1.807) is 0 Å². The lowest BCUT2D eigenvalue weighted by Gasteiger charge is -2.14. The summed E-state index contributed by atoms with van der Waals surface area (Å²) in [5.41, 5.74) is 0.445. The lowest BCUT2D eigenvalue weighted by Crippen LogP contribution is -2.19. The van der Waals surface area contributed by atoms with Gasteiger partial charge in [-0.2, -0.15) is 0 Å². The highest BCUT2D eigenvalue weighted by Gasteiger charge is 2.20. The number of halogens is 2. The average molecular weight is 278 g/mol. The first-order valence-electron chi connectivity index (χ1n) is 5.93. The quantitative estimate of drug-likeness (QED) is 0.913. The highest BCUT2D eigenvalue weighted by molar-refractivity contribution is 5.76. The highest BCUT2D eigenvalue weighted by atomic mass is 19.1. The third-order valence-electron chi connectivity index (χ3n) is 2.80. The Balaban J connectivity index is 2.08. The van der Waals surface area contributed by atoms with Gasteiger partial charge in [-0.05, 0) is 42.0 Å². The van der Waals surface area contributed by atoms with Crippen LogP contribution < -0.4 is 4.74 Å². The number of carboxylic acids is 1. The Morgan fingerprint density at radius 1 is 1.00 bits per heavy atom. The molecule has 1 unspecified atom stereocenters. The number of benzene rings is 2. The predicted molar refractivity (Wildman–Crippen MR) is 68.7 cm³/mol. The van der Waals surface area contributed by atoms with Gasteiger partial charge < -0.3 is 9.84 Å². The van der Waals surface area contributed by atoms with Crippen molar-refractivity contribution in [1.29, 1.82) is 0 Å². The van der Waals surface area contributed by atoms with Gasteiger partial charge >= 0.3 is 5.97 Å². The van der Waals surface area contributed by atoms with E-state index in [9.17, 15) is 18.7 Å². The van der Waals surface area contributed by atoms with Crippen molar-refractivity contribution in [3.63, 3.8) is 0 Å². The Bertz CT molecular complexity index is 579. The fourth-order valence-corrected chi connectivity index (χ4v) is 1.72. The Hall–Kier alpha value is -2.43. The van der Waals surface area contributed by atoms with Gasteiger partial charge in [-0.3, -0.25) is 4.79 Å². The summed E-state index contributed by atoms with van der Waals surface area (Å²) in [6, 6.07) is 10.5. The van der Waals surface area contributed by atoms with Gasteiger partial charge in [0.25, 0.3) is 0 Å². The molecule has 0 saturated heterocycles. The van der Waals surface area contributed by atoms with Crippen LogP contribution in [-0.2, 0) is 4.79 Å². The van der Waals surface area contributed by atoms with Crippen molar-refractivity contribution in [1.82, 2.24) is 0 Å². The number of carboxylic acid groups (broad SMARTS) is 1. The van der Waals surface area contributed by atoms with Crippen molar-refractivity contribution in [3.05, 3.63) is 65.7 Å². The zero-order valence-electron chi connectivity index (χ0n) is 10.4. The second kappa shape index (κ2) is 6.14. The van der Waals surface area contributed by atoms with E-state index in [-0.39, 0.29) is 6.61 Å². The van der Waals surface area contributed by atoms with Gasteiger partial charge in [-0.1, -0.05) is 12.1 Å². The van der Waals surface area contributed by atoms with Crippen LogP contribution >= 0.6 is 0 Å². The topological polar surface area (TPSA) is 46.5 Å². The Morgan fingerprint density at radius 3 is 2.00 bits per heavy atom. The number of rotatable bonds is 5. The maximum atomic E-state index is 12.8. The summed E-state index contributed by atoms with van der Waals surface area (Å²) in [7, 11) is 0. The minimum Gasteiger partial charge on any atom is -0.492 e. The summed E-state index contributed by atoms with van der Waals surface area (Å²) in [4.78, 5) is 11.2. The van der Waals surface area contributed by atoms with Crippen LogP contribution in [0.2, 0.25) is 0 Å². The summed E-state index contributed by atoms with van der Waals surface area (Å²) < 4.78 is 30.9. The molecule has 0 bridgehead atoms. The van der Waals surface area contributed by atoms with Crippen molar-refractivity contribution in [2.24, 2.45) is 0 Å². The molecule has 2 aromatic rings. The Labute approximate surface area is 114 Å². The van der Waals surface area contributed by atoms with Crippen LogP contribution in [0.1, 0.15) is 11.5 Å². The highest BCUT2D eigenvalue weighted by Crippen LogP contribution is 2.19. The van der Waals surface area contributed by atoms with E-state index < -0.39 is 23.5 Å². The van der Waals surface area contributed by atoms with E-state index in [2.05, 4.69) is 0 Å². The average Bonchev–Trinajstić information content (AvgIpc) is 2.43. The molecule has 3 nitrogen and oxygen atoms in total. The van der Waals surface area contributed by atoms with E-state index in [4.69, 9.17) is 4.74 Å². The summed E-state index contributed by atoms with van der Waals surface area (Å²) in [6.07, 6.45) is 0. The molecule has 20 heavy (non-hydrogen) atoms. The lowest BCUT2D eigenvalue weighted by molar-refractivity contribution is -0.139. The van der Waals surface area contributed by atoms with Crippen molar-refractivity contribution < 1.29 is 23.4 Å². The molecule has 1 N–H and O–H groups in total. The van der Waals surface area contributed by atoms with Crippen LogP contribution in [0.25, 0.3) is 0 Å². The second-order valence-electron chi connectivity index (χ2n) is 4.21.